The van der Waals surface area contributed by atoms with Gasteiger partial charge in [0, 0.05) is 25.2 Å². The highest BCUT2D eigenvalue weighted by molar-refractivity contribution is 7.90. The number of hydrogen-bond donors (Lipinski definition) is 2. The molecule has 20 heavy (non-hydrogen) atoms. The van der Waals surface area contributed by atoms with Crippen LogP contribution < -0.4 is 19.9 Å². The first-order chi connectivity index (χ1) is 9.47. The van der Waals surface area contributed by atoms with E-state index < -0.39 is 10.2 Å². The van der Waals surface area contributed by atoms with Crippen molar-refractivity contribution in [1.29, 1.82) is 0 Å². The summed E-state index contributed by atoms with van der Waals surface area (Å²) in [4.78, 5) is 0. The topological polar surface area (TPSA) is 93.9 Å². The molecule has 1 aromatic carbocycles. The van der Waals surface area contributed by atoms with Crippen LogP contribution in [-0.4, -0.2) is 39.0 Å². The number of nitrogen functional groups attached to an aromatic ring is 1. The average molecular weight is 301 g/mol. The van der Waals surface area contributed by atoms with E-state index in [4.69, 9.17) is 15.2 Å². The van der Waals surface area contributed by atoms with Gasteiger partial charge in [-0.3, -0.25) is 4.72 Å². The van der Waals surface area contributed by atoms with Crippen LogP contribution in [0.5, 0.6) is 11.5 Å². The maximum Gasteiger partial charge on any atom is 0.301 e. The van der Waals surface area contributed by atoms with E-state index in [0.717, 1.165) is 0 Å². The van der Waals surface area contributed by atoms with Gasteiger partial charge in [-0.15, -0.1) is 0 Å². The second-order valence-corrected chi connectivity index (χ2v) is 5.95. The van der Waals surface area contributed by atoms with E-state index >= 15 is 0 Å². The van der Waals surface area contributed by atoms with Gasteiger partial charge in [0.1, 0.15) is 13.2 Å². The first kappa shape index (κ1) is 14.7. The fourth-order valence-electron chi connectivity index (χ4n) is 1.96. The van der Waals surface area contributed by atoms with Gasteiger partial charge < -0.3 is 15.2 Å². The van der Waals surface area contributed by atoms with E-state index in [1.54, 1.807) is 26.0 Å². The molecule has 8 heteroatoms. The van der Waals surface area contributed by atoms with Gasteiger partial charge in [0.15, 0.2) is 11.5 Å². The van der Waals surface area contributed by atoms with E-state index in [2.05, 4.69) is 4.72 Å². The fraction of sp³-hybridized carbons (Fsp3) is 0.500. The lowest BCUT2D eigenvalue weighted by molar-refractivity contribution is 0.172. The predicted molar refractivity (Wildman–Crippen MR) is 77.3 cm³/mol. The highest BCUT2D eigenvalue weighted by Gasteiger charge is 2.21. The van der Waals surface area contributed by atoms with Gasteiger partial charge in [0.2, 0.25) is 0 Å². The van der Waals surface area contributed by atoms with Crippen LogP contribution in [0.3, 0.4) is 0 Å². The summed E-state index contributed by atoms with van der Waals surface area (Å²) < 4.78 is 38.9. The van der Waals surface area contributed by atoms with Crippen molar-refractivity contribution in [3.05, 3.63) is 12.1 Å². The van der Waals surface area contributed by atoms with E-state index in [1.165, 1.54) is 4.31 Å². The second-order valence-electron chi connectivity index (χ2n) is 4.27. The van der Waals surface area contributed by atoms with Crippen molar-refractivity contribution >= 4 is 21.6 Å². The van der Waals surface area contributed by atoms with Crippen LogP contribution >= 0.6 is 0 Å². The SMILES string of the molecule is CCN(CC)S(=O)(=O)Nc1cc2c(cc1N)OCCO2. The standard InChI is InChI=1S/C12H19N3O4S/c1-3-15(4-2)20(16,17)14-10-8-12-11(7-9(10)13)18-5-6-19-12/h7-8,14H,3-6,13H2,1-2H3. The van der Waals surface area contributed by atoms with Gasteiger partial charge in [-0.05, 0) is 0 Å². The summed E-state index contributed by atoms with van der Waals surface area (Å²) in [6.07, 6.45) is 0. The van der Waals surface area contributed by atoms with Crippen molar-refractivity contribution in [3.8, 4) is 11.5 Å². The zero-order valence-electron chi connectivity index (χ0n) is 11.5. The Morgan fingerprint density at radius 3 is 2.30 bits per heavy atom. The molecule has 0 saturated carbocycles. The lowest BCUT2D eigenvalue weighted by atomic mass is 10.2. The Balaban J connectivity index is 2.30. The number of nitrogens with two attached hydrogens (primary N) is 1. The minimum absolute atomic E-state index is 0.293. The molecule has 0 fully saturated rings. The van der Waals surface area contributed by atoms with Gasteiger partial charge in [-0.1, -0.05) is 13.8 Å². The number of nitrogens with zero attached hydrogens (tertiary/aromatic N) is 1. The third-order valence-electron chi connectivity index (χ3n) is 3.00. The first-order valence-electron chi connectivity index (χ1n) is 6.45. The maximum atomic E-state index is 12.2. The van der Waals surface area contributed by atoms with Crippen molar-refractivity contribution in [2.45, 2.75) is 13.8 Å². The van der Waals surface area contributed by atoms with Crippen LogP contribution in [0.15, 0.2) is 12.1 Å². The molecule has 2 rings (SSSR count). The van der Waals surface area contributed by atoms with E-state index in [9.17, 15) is 8.42 Å². The summed E-state index contributed by atoms with van der Waals surface area (Å²) in [5, 5.41) is 0. The van der Waals surface area contributed by atoms with Crippen molar-refractivity contribution < 1.29 is 17.9 Å². The van der Waals surface area contributed by atoms with Gasteiger partial charge in [0.05, 0.1) is 11.4 Å². The number of nitrogens with one attached hydrogen (secondary N) is 1. The molecule has 0 aromatic heterocycles. The largest absolute Gasteiger partial charge is 0.486 e. The number of hydrogen-bond acceptors (Lipinski definition) is 5. The smallest absolute Gasteiger partial charge is 0.301 e. The quantitative estimate of drug-likeness (QED) is 0.792. The lowest BCUT2D eigenvalue weighted by Gasteiger charge is -2.23. The number of fused-ring (bicyclic) bond motifs is 1. The van der Waals surface area contributed by atoms with Crippen LogP contribution in [0.2, 0.25) is 0 Å². The molecule has 7 nitrogen and oxygen atoms in total. The molecule has 0 bridgehead atoms. The normalized spacial score (nSPS) is 14.3. The van der Waals surface area contributed by atoms with Crippen LogP contribution in [0, 0.1) is 0 Å². The Morgan fingerprint density at radius 2 is 1.75 bits per heavy atom. The zero-order valence-corrected chi connectivity index (χ0v) is 12.4. The van der Waals surface area contributed by atoms with E-state index in [1.807, 2.05) is 0 Å². The molecule has 0 aliphatic carbocycles. The molecule has 112 valence electrons. The predicted octanol–water partition coefficient (Wildman–Crippen LogP) is 1.04. The van der Waals surface area contributed by atoms with Gasteiger partial charge >= 0.3 is 10.2 Å². The molecular weight excluding hydrogens is 282 g/mol. The minimum atomic E-state index is -3.62. The summed E-state index contributed by atoms with van der Waals surface area (Å²) in [5.74, 6) is 1.02. The molecular formula is C12H19N3O4S. The molecule has 1 aliphatic rings. The number of ether oxygens (including phenoxy) is 2. The summed E-state index contributed by atoms with van der Waals surface area (Å²) in [6, 6.07) is 3.11. The maximum absolute atomic E-state index is 12.2. The summed E-state index contributed by atoms with van der Waals surface area (Å²) in [7, 11) is -3.62. The van der Waals surface area contributed by atoms with Crippen molar-refractivity contribution in [3.63, 3.8) is 0 Å². The molecule has 1 heterocycles. The molecule has 0 spiro atoms. The molecule has 0 amide bonds. The second kappa shape index (κ2) is 5.76. The third-order valence-corrected chi connectivity index (χ3v) is 4.67. The van der Waals surface area contributed by atoms with Crippen LogP contribution in [0.4, 0.5) is 11.4 Å². The van der Waals surface area contributed by atoms with Crippen molar-refractivity contribution in [1.82, 2.24) is 4.31 Å². The van der Waals surface area contributed by atoms with Crippen molar-refractivity contribution in [2.24, 2.45) is 0 Å². The number of benzene rings is 1. The lowest BCUT2D eigenvalue weighted by Crippen LogP contribution is -2.35. The Hall–Kier alpha value is -1.67. The Morgan fingerprint density at radius 1 is 1.20 bits per heavy atom. The van der Waals surface area contributed by atoms with Gasteiger partial charge in [-0.25, -0.2) is 0 Å². The van der Waals surface area contributed by atoms with Crippen LogP contribution in [0.25, 0.3) is 0 Å². The summed E-state index contributed by atoms with van der Waals surface area (Å²) >= 11 is 0. The summed E-state index contributed by atoms with van der Waals surface area (Å²) in [6.45, 7) is 5.20. The molecule has 1 aliphatic heterocycles. The van der Waals surface area contributed by atoms with Crippen LogP contribution in [-0.2, 0) is 10.2 Å². The van der Waals surface area contributed by atoms with E-state index in [-0.39, 0.29) is 0 Å². The third kappa shape index (κ3) is 2.91. The molecule has 0 unspecified atom stereocenters. The molecule has 1 aromatic rings. The first-order valence-corrected chi connectivity index (χ1v) is 7.89. The Labute approximate surface area is 118 Å². The Kier molecular flexibility index (Phi) is 4.24. The summed E-state index contributed by atoms with van der Waals surface area (Å²) in [5.41, 5.74) is 6.44. The highest BCUT2D eigenvalue weighted by atomic mass is 32.2. The number of rotatable bonds is 5. The van der Waals surface area contributed by atoms with Crippen LogP contribution in [0.1, 0.15) is 13.8 Å². The average Bonchev–Trinajstić information content (AvgIpc) is 2.40. The monoisotopic (exact) mass is 301 g/mol. The van der Waals surface area contributed by atoms with Crippen molar-refractivity contribution in [2.75, 3.05) is 36.8 Å². The molecule has 3 N–H and O–H groups in total. The number of anilines is 2. The Bertz CT molecular complexity index is 585. The van der Waals surface area contributed by atoms with Gasteiger partial charge in [-0.2, -0.15) is 12.7 Å². The van der Waals surface area contributed by atoms with E-state index in [0.29, 0.717) is 49.2 Å². The fourth-order valence-corrected chi connectivity index (χ4v) is 3.22. The minimum Gasteiger partial charge on any atom is -0.486 e. The van der Waals surface area contributed by atoms with Gasteiger partial charge in [0.25, 0.3) is 0 Å². The molecule has 0 radical (unpaired) electrons. The molecule has 0 atom stereocenters. The zero-order chi connectivity index (χ0) is 14.8. The highest BCUT2D eigenvalue weighted by Crippen LogP contribution is 2.37. The molecule has 0 saturated heterocycles.